The highest BCUT2D eigenvalue weighted by Crippen LogP contribution is 2.38. The van der Waals surface area contributed by atoms with Crippen LogP contribution in [0, 0.1) is 11.6 Å². The average molecular weight is 434 g/mol. The van der Waals surface area contributed by atoms with Crippen molar-refractivity contribution >= 4 is 40.7 Å². The molecule has 0 bridgehead atoms. The van der Waals surface area contributed by atoms with Gasteiger partial charge in [-0.15, -0.1) is 31.4 Å². The minimum absolute atomic E-state index is 0. The Bertz CT molecular complexity index is 555. The lowest BCUT2D eigenvalue weighted by Gasteiger charge is -2.35. The van der Waals surface area contributed by atoms with Crippen molar-refractivity contribution in [3.05, 3.63) is 39.9 Å². The molecule has 1 fully saturated rings. The van der Waals surface area contributed by atoms with Gasteiger partial charge < -0.3 is 10.4 Å². The molecule has 23 heavy (non-hydrogen) atoms. The van der Waals surface area contributed by atoms with Crippen molar-refractivity contribution in [1.82, 2.24) is 10.2 Å². The van der Waals surface area contributed by atoms with Crippen LogP contribution in [0.1, 0.15) is 24.9 Å². The van der Waals surface area contributed by atoms with E-state index in [2.05, 4.69) is 32.7 Å². The van der Waals surface area contributed by atoms with Crippen LogP contribution in [-0.2, 0) is 0 Å². The number of piperazine rings is 1. The Morgan fingerprint density at radius 2 is 1.91 bits per heavy atom. The predicted molar refractivity (Wildman–Crippen MR) is 96.8 cm³/mol. The minimum Gasteiger partial charge on any atom is -0.505 e. The van der Waals surface area contributed by atoms with Crippen molar-refractivity contribution in [2.45, 2.75) is 19.4 Å². The summed E-state index contributed by atoms with van der Waals surface area (Å²) < 4.78 is 27.3. The third-order valence-corrected chi connectivity index (χ3v) is 4.24. The average Bonchev–Trinajstić information content (AvgIpc) is 2.47. The van der Waals surface area contributed by atoms with Crippen molar-refractivity contribution in [2.24, 2.45) is 0 Å². The molecule has 132 valence electrons. The van der Waals surface area contributed by atoms with Gasteiger partial charge in [0.05, 0.1) is 4.47 Å². The maximum Gasteiger partial charge on any atom is 0.201 e. The van der Waals surface area contributed by atoms with Crippen molar-refractivity contribution in [3.63, 3.8) is 0 Å². The lowest BCUT2D eigenvalue weighted by atomic mass is 9.96. The topological polar surface area (TPSA) is 35.5 Å². The van der Waals surface area contributed by atoms with E-state index in [4.69, 9.17) is 0 Å². The van der Waals surface area contributed by atoms with E-state index in [1.54, 1.807) is 0 Å². The highest BCUT2D eigenvalue weighted by Gasteiger charge is 2.28. The maximum absolute atomic E-state index is 13.8. The number of phenolic OH excluding ortho intramolecular Hbond substituents is 1. The predicted octanol–water partition coefficient (Wildman–Crippen LogP) is 4.19. The molecule has 1 heterocycles. The van der Waals surface area contributed by atoms with E-state index in [0.29, 0.717) is 12.0 Å². The highest BCUT2D eigenvalue weighted by molar-refractivity contribution is 9.10. The SMILES string of the molecule is C=C(C)C[C@H](c1cc(Br)c(F)c(F)c1O)N1CCNCC1.Cl.Cl. The lowest BCUT2D eigenvalue weighted by molar-refractivity contribution is 0.169. The van der Waals surface area contributed by atoms with E-state index in [9.17, 15) is 13.9 Å². The fraction of sp³-hybridized carbons (Fsp3) is 0.467. The molecule has 8 heteroatoms. The molecule has 2 N–H and O–H groups in total. The van der Waals surface area contributed by atoms with Crippen molar-refractivity contribution in [1.29, 1.82) is 0 Å². The molecule has 1 aliphatic rings. The summed E-state index contributed by atoms with van der Waals surface area (Å²) in [6.07, 6.45) is 0.588. The van der Waals surface area contributed by atoms with E-state index in [0.717, 1.165) is 31.8 Å². The van der Waals surface area contributed by atoms with Crippen LogP contribution in [0.3, 0.4) is 0 Å². The van der Waals surface area contributed by atoms with Crippen LogP contribution < -0.4 is 5.32 Å². The Kier molecular flexibility index (Phi) is 9.62. The highest BCUT2D eigenvalue weighted by atomic mass is 79.9. The third kappa shape index (κ3) is 5.29. The molecule has 0 unspecified atom stereocenters. The van der Waals surface area contributed by atoms with Gasteiger partial charge in [0.25, 0.3) is 0 Å². The zero-order chi connectivity index (χ0) is 15.6. The van der Waals surface area contributed by atoms with Gasteiger partial charge in [0, 0.05) is 37.8 Å². The second-order valence-corrected chi connectivity index (χ2v) is 6.24. The Labute approximate surface area is 156 Å². The third-order valence-electron chi connectivity index (χ3n) is 3.66. The maximum atomic E-state index is 13.8. The first-order chi connectivity index (χ1) is 9.91. The molecule has 1 aliphatic heterocycles. The summed E-state index contributed by atoms with van der Waals surface area (Å²) in [5.41, 5.74) is 1.32. The van der Waals surface area contributed by atoms with Crippen LogP contribution in [0.5, 0.6) is 5.75 Å². The molecule has 1 aromatic carbocycles. The van der Waals surface area contributed by atoms with Crippen LogP contribution in [0.2, 0.25) is 0 Å². The lowest BCUT2D eigenvalue weighted by Crippen LogP contribution is -2.45. The number of aromatic hydroxyl groups is 1. The van der Waals surface area contributed by atoms with Gasteiger partial charge in [0.15, 0.2) is 11.6 Å². The monoisotopic (exact) mass is 432 g/mol. The van der Waals surface area contributed by atoms with Crippen molar-refractivity contribution < 1.29 is 13.9 Å². The summed E-state index contributed by atoms with van der Waals surface area (Å²) in [5.74, 6) is -2.88. The number of rotatable bonds is 4. The second kappa shape index (κ2) is 9.79. The molecule has 2 rings (SSSR count). The fourth-order valence-electron chi connectivity index (χ4n) is 2.62. The summed E-state index contributed by atoms with van der Waals surface area (Å²) >= 11 is 3.01. The Hall–Kier alpha value is -0.400. The van der Waals surface area contributed by atoms with E-state index >= 15 is 0 Å². The summed E-state index contributed by atoms with van der Waals surface area (Å²) in [5, 5.41) is 13.3. The van der Waals surface area contributed by atoms with Gasteiger partial charge in [0.1, 0.15) is 0 Å². The first-order valence-corrected chi connectivity index (χ1v) is 7.66. The molecule has 0 aromatic heterocycles. The van der Waals surface area contributed by atoms with Crippen LogP contribution in [0.15, 0.2) is 22.7 Å². The molecule has 0 radical (unpaired) electrons. The quantitative estimate of drug-likeness (QED) is 0.552. The number of phenols is 1. The zero-order valence-corrected chi connectivity index (χ0v) is 16.0. The van der Waals surface area contributed by atoms with Crippen molar-refractivity contribution in [2.75, 3.05) is 26.2 Å². The minimum atomic E-state index is -1.21. The van der Waals surface area contributed by atoms with Gasteiger partial charge in [-0.2, -0.15) is 4.39 Å². The van der Waals surface area contributed by atoms with Gasteiger partial charge >= 0.3 is 0 Å². The van der Waals surface area contributed by atoms with Crippen LogP contribution >= 0.6 is 40.7 Å². The molecular weight excluding hydrogens is 413 g/mol. The second-order valence-electron chi connectivity index (χ2n) is 5.39. The Morgan fingerprint density at radius 1 is 1.35 bits per heavy atom. The largest absolute Gasteiger partial charge is 0.505 e. The first-order valence-electron chi connectivity index (χ1n) is 6.87. The Balaban J connectivity index is 0.00000242. The molecule has 0 amide bonds. The molecule has 1 atom stereocenters. The number of nitrogens with one attached hydrogen (secondary N) is 1. The molecule has 1 aromatic rings. The number of benzene rings is 1. The zero-order valence-electron chi connectivity index (χ0n) is 12.7. The first kappa shape index (κ1) is 22.6. The molecule has 0 aliphatic carbocycles. The van der Waals surface area contributed by atoms with Gasteiger partial charge in [-0.3, -0.25) is 4.90 Å². The van der Waals surface area contributed by atoms with E-state index < -0.39 is 17.4 Å². The molecular formula is C15H21BrCl2F2N2O. The van der Waals surface area contributed by atoms with Crippen LogP contribution in [0.25, 0.3) is 0 Å². The van der Waals surface area contributed by atoms with Gasteiger partial charge in [-0.25, -0.2) is 4.39 Å². The molecule has 1 saturated heterocycles. The molecule has 0 spiro atoms. The summed E-state index contributed by atoms with van der Waals surface area (Å²) in [4.78, 5) is 2.16. The number of halogens is 5. The summed E-state index contributed by atoms with van der Waals surface area (Å²) in [6, 6.07) is 1.25. The van der Waals surface area contributed by atoms with E-state index in [1.807, 2.05) is 6.92 Å². The van der Waals surface area contributed by atoms with E-state index in [1.165, 1.54) is 6.07 Å². The summed E-state index contributed by atoms with van der Waals surface area (Å²) in [6.45, 7) is 9.03. The van der Waals surface area contributed by atoms with Crippen molar-refractivity contribution in [3.8, 4) is 5.75 Å². The van der Waals surface area contributed by atoms with Crippen LogP contribution in [0.4, 0.5) is 8.78 Å². The Morgan fingerprint density at radius 3 is 2.43 bits per heavy atom. The smallest absolute Gasteiger partial charge is 0.201 e. The molecule has 3 nitrogen and oxygen atoms in total. The van der Waals surface area contributed by atoms with Gasteiger partial charge in [-0.05, 0) is 35.3 Å². The summed E-state index contributed by atoms with van der Waals surface area (Å²) in [7, 11) is 0. The van der Waals surface area contributed by atoms with Gasteiger partial charge in [0.2, 0.25) is 5.82 Å². The number of nitrogens with zero attached hydrogens (tertiary/aromatic N) is 1. The standard InChI is InChI=1S/C15H19BrF2N2O.2ClH/c1-9(2)7-12(20-5-3-19-4-6-20)10-8-11(16)13(17)14(18)15(10)21;;/h8,12,19,21H,1,3-7H2,2H3;2*1H/t12-;;/m1../s1. The van der Waals surface area contributed by atoms with E-state index in [-0.39, 0.29) is 35.3 Å². The van der Waals surface area contributed by atoms with Gasteiger partial charge in [-0.1, -0.05) is 5.57 Å². The van der Waals surface area contributed by atoms with Crippen LogP contribution in [-0.4, -0.2) is 36.2 Å². The number of hydrogen-bond donors (Lipinski definition) is 2. The number of hydrogen-bond acceptors (Lipinski definition) is 3. The molecule has 0 saturated carbocycles. The fourth-order valence-corrected chi connectivity index (χ4v) is 3.04. The normalized spacial score (nSPS) is 16.2.